The van der Waals surface area contributed by atoms with Crippen LogP contribution in [-0.4, -0.2) is 40.5 Å². The highest BCUT2D eigenvalue weighted by molar-refractivity contribution is 6.80. The van der Waals surface area contributed by atoms with Crippen LogP contribution in [0.15, 0.2) is 5.10 Å². The van der Waals surface area contributed by atoms with Gasteiger partial charge in [-0.15, -0.1) is 0 Å². The highest BCUT2D eigenvalue weighted by Gasteiger charge is 2.43. The van der Waals surface area contributed by atoms with E-state index in [0.717, 1.165) is 5.01 Å². The third kappa shape index (κ3) is 2.10. The Kier molecular flexibility index (Phi) is 3.11. The molecule has 0 bridgehead atoms. The number of carbonyl (C=O) groups is 3. The molecule has 88 valence electrons. The fourth-order valence-corrected chi connectivity index (χ4v) is 1.18. The van der Waals surface area contributed by atoms with Crippen molar-refractivity contribution in [3.05, 3.63) is 0 Å². The van der Waals surface area contributed by atoms with Crippen LogP contribution >= 0.6 is 0 Å². The molecule has 1 heterocycles. The molecule has 0 saturated carbocycles. The van der Waals surface area contributed by atoms with E-state index < -0.39 is 28.9 Å². The summed E-state index contributed by atoms with van der Waals surface area (Å²) in [5, 5.41) is 4.72. The third-order valence-corrected chi connectivity index (χ3v) is 1.91. The zero-order chi connectivity index (χ0) is 12.5. The Hall–Kier alpha value is -1.72. The second-order valence-corrected chi connectivity index (χ2v) is 4.29. The fourth-order valence-electron chi connectivity index (χ4n) is 1.18. The monoisotopic (exact) mass is 226 g/mol. The topological polar surface area (TPSA) is 76.0 Å². The number of esters is 1. The summed E-state index contributed by atoms with van der Waals surface area (Å²) in [5.41, 5.74) is -1.08. The van der Waals surface area contributed by atoms with E-state index >= 15 is 0 Å². The maximum absolute atomic E-state index is 11.5. The molecule has 0 aliphatic carbocycles. The highest BCUT2D eigenvalue weighted by Crippen LogP contribution is 2.19. The van der Waals surface area contributed by atoms with Crippen molar-refractivity contribution in [3.8, 4) is 0 Å². The Labute approximate surface area is 93.2 Å². The van der Waals surface area contributed by atoms with Crippen LogP contribution in [0.1, 0.15) is 27.7 Å². The number of ether oxygens (including phenoxy) is 1. The molecule has 1 aliphatic heterocycles. The zero-order valence-electron chi connectivity index (χ0n) is 9.73. The molecule has 6 heteroatoms. The van der Waals surface area contributed by atoms with Crippen molar-refractivity contribution in [2.45, 2.75) is 33.2 Å². The van der Waals surface area contributed by atoms with Crippen LogP contribution in [0.5, 0.6) is 0 Å². The van der Waals surface area contributed by atoms with Gasteiger partial charge in [-0.1, -0.05) is 0 Å². The maximum atomic E-state index is 11.5. The molecule has 0 unspecified atom stereocenters. The largest absolute Gasteiger partial charge is 0.461 e. The SMILES string of the molecule is CCOC(=O)C1=NN(C(C)(C)C)C(=O)C1=O. The van der Waals surface area contributed by atoms with Gasteiger partial charge >= 0.3 is 11.9 Å². The van der Waals surface area contributed by atoms with Crippen LogP contribution in [0.3, 0.4) is 0 Å². The van der Waals surface area contributed by atoms with Crippen LogP contribution in [0.4, 0.5) is 0 Å². The lowest BCUT2D eigenvalue weighted by Crippen LogP contribution is -2.41. The first kappa shape index (κ1) is 12.4. The normalized spacial score (nSPS) is 16.5. The minimum atomic E-state index is -0.909. The number of nitrogens with zero attached hydrogens (tertiary/aromatic N) is 2. The number of rotatable bonds is 2. The molecule has 0 fully saturated rings. The van der Waals surface area contributed by atoms with Crippen molar-refractivity contribution in [1.29, 1.82) is 0 Å². The van der Waals surface area contributed by atoms with E-state index in [4.69, 9.17) is 0 Å². The van der Waals surface area contributed by atoms with Gasteiger partial charge in [-0.25, -0.2) is 9.80 Å². The van der Waals surface area contributed by atoms with E-state index in [0.29, 0.717) is 0 Å². The van der Waals surface area contributed by atoms with Gasteiger partial charge in [-0.2, -0.15) is 5.10 Å². The van der Waals surface area contributed by atoms with Crippen molar-refractivity contribution >= 4 is 23.4 Å². The third-order valence-electron chi connectivity index (χ3n) is 1.91. The van der Waals surface area contributed by atoms with Gasteiger partial charge in [0.05, 0.1) is 12.1 Å². The van der Waals surface area contributed by atoms with E-state index in [1.54, 1.807) is 27.7 Å². The lowest BCUT2D eigenvalue weighted by Gasteiger charge is -2.26. The average Bonchev–Trinajstić information content (AvgIpc) is 2.44. The molecule has 0 aromatic heterocycles. The first-order valence-electron chi connectivity index (χ1n) is 4.93. The summed E-state index contributed by atoms with van der Waals surface area (Å²) in [4.78, 5) is 34.3. The van der Waals surface area contributed by atoms with Gasteiger partial charge < -0.3 is 4.74 Å². The van der Waals surface area contributed by atoms with E-state index in [1.165, 1.54) is 0 Å². The predicted octanol–water partition coefficient (Wildman–Crippen LogP) is 0.115. The Balaban J connectivity index is 3.00. The number of amides is 1. The summed E-state index contributed by atoms with van der Waals surface area (Å²) < 4.78 is 4.64. The van der Waals surface area contributed by atoms with Crippen molar-refractivity contribution in [2.75, 3.05) is 6.61 Å². The number of hydrazone groups is 1. The van der Waals surface area contributed by atoms with E-state index in [2.05, 4.69) is 9.84 Å². The van der Waals surface area contributed by atoms with Crippen LogP contribution in [0.25, 0.3) is 0 Å². The minimum absolute atomic E-state index is 0.134. The summed E-state index contributed by atoms with van der Waals surface area (Å²) in [6.45, 7) is 6.90. The molecule has 0 atom stereocenters. The summed E-state index contributed by atoms with van der Waals surface area (Å²) in [6, 6.07) is 0. The number of carbonyl (C=O) groups excluding carboxylic acids is 3. The number of hydrogen-bond acceptors (Lipinski definition) is 5. The molecule has 0 saturated heterocycles. The molecule has 16 heavy (non-hydrogen) atoms. The van der Waals surface area contributed by atoms with Crippen LogP contribution < -0.4 is 0 Å². The molecule has 1 aliphatic rings. The van der Waals surface area contributed by atoms with Crippen molar-refractivity contribution in [3.63, 3.8) is 0 Å². The molecule has 0 aromatic rings. The van der Waals surface area contributed by atoms with Gasteiger partial charge in [-0.05, 0) is 27.7 Å². The van der Waals surface area contributed by atoms with Gasteiger partial charge in [0.2, 0.25) is 5.71 Å². The Morgan fingerprint density at radius 1 is 1.38 bits per heavy atom. The Bertz CT molecular complexity index is 379. The van der Waals surface area contributed by atoms with E-state index in [1.807, 2.05) is 0 Å². The summed E-state index contributed by atoms with van der Waals surface area (Å²) in [6.07, 6.45) is 0. The van der Waals surface area contributed by atoms with Crippen molar-refractivity contribution in [2.24, 2.45) is 5.10 Å². The number of Topliss-reactive ketones (excluding diaryl/α,β-unsaturated/α-hetero) is 1. The van der Waals surface area contributed by atoms with Gasteiger partial charge in [0.1, 0.15) is 0 Å². The molecular formula is C10H14N2O4. The lowest BCUT2D eigenvalue weighted by atomic mass is 10.1. The molecular weight excluding hydrogens is 212 g/mol. The highest BCUT2D eigenvalue weighted by atomic mass is 16.5. The molecule has 1 rings (SSSR count). The van der Waals surface area contributed by atoms with Crippen LogP contribution in [0.2, 0.25) is 0 Å². The van der Waals surface area contributed by atoms with E-state index in [-0.39, 0.29) is 6.61 Å². The number of ketones is 1. The number of hydrogen-bond donors (Lipinski definition) is 0. The van der Waals surface area contributed by atoms with Gasteiger partial charge in [-0.3, -0.25) is 9.59 Å². The first-order chi connectivity index (χ1) is 7.29. The average molecular weight is 226 g/mol. The molecule has 6 nitrogen and oxygen atoms in total. The van der Waals surface area contributed by atoms with Gasteiger partial charge in [0.15, 0.2) is 0 Å². The molecule has 0 aromatic carbocycles. The zero-order valence-corrected chi connectivity index (χ0v) is 9.73. The minimum Gasteiger partial charge on any atom is -0.461 e. The fraction of sp³-hybridized carbons (Fsp3) is 0.600. The van der Waals surface area contributed by atoms with Crippen molar-refractivity contribution < 1.29 is 19.1 Å². The molecule has 0 N–H and O–H groups in total. The van der Waals surface area contributed by atoms with Gasteiger partial charge in [0.25, 0.3) is 5.78 Å². The predicted molar refractivity (Wildman–Crippen MR) is 55.7 cm³/mol. The molecule has 1 amide bonds. The van der Waals surface area contributed by atoms with Crippen LogP contribution in [0, 0.1) is 0 Å². The standard InChI is InChI=1S/C10H14N2O4/c1-5-16-9(15)6-7(13)8(14)12(11-6)10(2,3)4/h5H2,1-4H3. The first-order valence-corrected chi connectivity index (χ1v) is 4.93. The Morgan fingerprint density at radius 3 is 2.31 bits per heavy atom. The van der Waals surface area contributed by atoms with Crippen LogP contribution in [-0.2, 0) is 19.1 Å². The second kappa shape index (κ2) is 4.03. The summed E-state index contributed by atoms with van der Waals surface area (Å²) >= 11 is 0. The summed E-state index contributed by atoms with van der Waals surface area (Å²) in [5.74, 6) is -2.56. The van der Waals surface area contributed by atoms with E-state index in [9.17, 15) is 14.4 Å². The van der Waals surface area contributed by atoms with Gasteiger partial charge in [0, 0.05) is 0 Å². The second-order valence-electron chi connectivity index (χ2n) is 4.29. The molecule has 0 spiro atoms. The lowest BCUT2D eigenvalue weighted by molar-refractivity contribution is -0.143. The Morgan fingerprint density at radius 2 is 1.94 bits per heavy atom. The maximum Gasteiger partial charge on any atom is 0.363 e. The van der Waals surface area contributed by atoms with Crippen molar-refractivity contribution in [1.82, 2.24) is 5.01 Å². The molecule has 0 radical (unpaired) electrons. The quantitative estimate of drug-likeness (QED) is 0.495. The smallest absolute Gasteiger partial charge is 0.363 e. The summed E-state index contributed by atoms with van der Waals surface area (Å²) in [7, 11) is 0.